The fourth-order valence-corrected chi connectivity index (χ4v) is 3.88. The number of aryl methyl sites for hydroxylation is 1. The van der Waals surface area contributed by atoms with Gasteiger partial charge in [0, 0.05) is 24.1 Å². The van der Waals surface area contributed by atoms with Gasteiger partial charge in [0.2, 0.25) is 0 Å². The summed E-state index contributed by atoms with van der Waals surface area (Å²) in [6, 6.07) is 11.4. The predicted molar refractivity (Wildman–Crippen MR) is 109 cm³/mol. The fraction of sp³-hybridized carbons (Fsp3) is 0.111. The van der Waals surface area contributed by atoms with Crippen LogP contribution in [0, 0.1) is 4.77 Å². The van der Waals surface area contributed by atoms with E-state index in [4.69, 9.17) is 12.2 Å². The van der Waals surface area contributed by atoms with Gasteiger partial charge in [0.05, 0.1) is 10.4 Å². The summed E-state index contributed by atoms with van der Waals surface area (Å²) in [5, 5.41) is 9.61. The lowest BCUT2D eigenvalue weighted by Crippen LogP contribution is -2.43. The van der Waals surface area contributed by atoms with Crippen molar-refractivity contribution >= 4 is 46.3 Å². The highest BCUT2D eigenvalue weighted by atomic mass is 32.1. The van der Waals surface area contributed by atoms with Crippen LogP contribution in [-0.2, 0) is 18.4 Å². The molecule has 0 saturated heterocycles. The molecule has 2 amide bonds. The first-order valence-electron chi connectivity index (χ1n) is 8.37. The van der Waals surface area contributed by atoms with Crippen molar-refractivity contribution in [2.45, 2.75) is 6.54 Å². The first kappa shape index (κ1) is 18.1. The standard InChI is InChI=1S/C18H16N6O2S2/c1-23-9-12(11-5-2-3-6-13(11)23)17(26)21-19-15(25)10-24-16(20-22-18(24)27)14-7-4-8-28-14/h2-9H,10H2,1H3,(H,19,25)(H,21,26)(H,22,27). The van der Waals surface area contributed by atoms with Crippen molar-refractivity contribution in [2.75, 3.05) is 0 Å². The molecule has 0 fully saturated rings. The van der Waals surface area contributed by atoms with Crippen LogP contribution in [-0.4, -0.2) is 31.1 Å². The molecule has 4 aromatic rings. The van der Waals surface area contributed by atoms with Gasteiger partial charge in [-0.05, 0) is 29.7 Å². The van der Waals surface area contributed by atoms with Crippen molar-refractivity contribution in [3.8, 4) is 10.7 Å². The number of hydrazine groups is 1. The molecule has 28 heavy (non-hydrogen) atoms. The number of hydrogen-bond acceptors (Lipinski definition) is 5. The van der Waals surface area contributed by atoms with Crippen molar-refractivity contribution in [1.82, 2.24) is 30.2 Å². The summed E-state index contributed by atoms with van der Waals surface area (Å²) in [5.74, 6) is -0.223. The molecule has 3 aromatic heterocycles. The van der Waals surface area contributed by atoms with Crippen LogP contribution in [0.3, 0.4) is 0 Å². The van der Waals surface area contributed by atoms with E-state index in [9.17, 15) is 9.59 Å². The molecule has 0 atom stereocenters. The Kier molecular flexibility index (Phi) is 4.80. The van der Waals surface area contributed by atoms with E-state index in [2.05, 4.69) is 21.0 Å². The Labute approximate surface area is 168 Å². The van der Waals surface area contributed by atoms with Gasteiger partial charge in [-0.15, -0.1) is 11.3 Å². The van der Waals surface area contributed by atoms with Crippen molar-refractivity contribution in [3.05, 3.63) is 58.3 Å². The molecule has 0 bridgehead atoms. The maximum absolute atomic E-state index is 12.5. The van der Waals surface area contributed by atoms with Gasteiger partial charge in [-0.1, -0.05) is 24.3 Å². The summed E-state index contributed by atoms with van der Waals surface area (Å²) in [4.78, 5) is 25.8. The van der Waals surface area contributed by atoms with Crippen molar-refractivity contribution in [1.29, 1.82) is 0 Å². The van der Waals surface area contributed by atoms with Gasteiger partial charge in [-0.3, -0.25) is 30.1 Å². The van der Waals surface area contributed by atoms with Gasteiger partial charge in [0.25, 0.3) is 11.8 Å². The smallest absolute Gasteiger partial charge is 0.271 e. The van der Waals surface area contributed by atoms with E-state index in [0.717, 1.165) is 15.8 Å². The quantitative estimate of drug-likeness (QED) is 0.355. The van der Waals surface area contributed by atoms with Crippen LogP contribution < -0.4 is 10.9 Å². The summed E-state index contributed by atoms with van der Waals surface area (Å²) < 4.78 is 3.78. The number of para-hydroxylation sites is 1. The maximum atomic E-state index is 12.5. The SMILES string of the molecule is Cn1cc(C(=O)NNC(=O)Cn2c(-c3cccs3)n[nH]c2=S)c2ccccc21. The van der Waals surface area contributed by atoms with Crippen molar-refractivity contribution in [3.63, 3.8) is 0 Å². The number of nitrogens with zero attached hydrogens (tertiary/aromatic N) is 3. The first-order chi connectivity index (χ1) is 13.5. The highest BCUT2D eigenvalue weighted by molar-refractivity contribution is 7.71. The number of nitrogens with one attached hydrogen (secondary N) is 3. The number of H-pyrrole nitrogens is 1. The van der Waals surface area contributed by atoms with E-state index in [1.807, 2.05) is 53.4 Å². The molecule has 8 nitrogen and oxygen atoms in total. The monoisotopic (exact) mass is 412 g/mol. The number of carbonyl (C=O) groups is 2. The Balaban J connectivity index is 1.46. The molecule has 4 rings (SSSR count). The van der Waals surface area contributed by atoms with Gasteiger partial charge >= 0.3 is 0 Å². The number of benzene rings is 1. The van der Waals surface area contributed by atoms with Gasteiger partial charge in [0.1, 0.15) is 6.54 Å². The largest absolute Gasteiger partial charge is 0.350 e. The van der Waals surface area contributed by atoms with Crippen LogP contribution in [0.1, 0.15) is 10.4 Å². The Morgan fingerprint density at radius 1 is 1.21 bits per heavy atom. The van der Waals surface area contributed by atoms with Gasteiger partial charge in [0.15, 0.2) is 10.6 Å². The molecule has 0 aliphatic rings. The average molecular weight is 413 g/mol. The zero-order valence-electron chi connectivity index (χ0n) is 14.8. The van der Waals surface area contributed by atoms with E-state index in [1.165, 1.54) is 11.3 Å². The number of hydrogen-bond donors (Lipinski definition) is 3. The van der Waals surface area contributed by atoms with E-state index in [1.54, 1.807) is 10.8 Å². The fourth-order valence-electron chi connectivity index (χ4n) is 2.96. The molecule has 0 unspecified atom stereocenters. The number of amides is 2. The molecule has 3 N–H and O–H groups in total. The highest BCUT2D eigenvalue weighted by Gasteiger charge is 2.16. The topological polar surface area (TPSA) is 96.7 Å². The minimum Gasteiger partial charge on any atom is -0.350 e. The molecule has 10 heteroatoms. The lowest BCUT2D eigenvalue weighted by Gasteiger charge is -2.08. The molecule has 1 aromatic carbocycles. The molecule has 3 heterocycles. The minimum absolute atomic E-state index is 0.0710. The van der Waals surface area contributed by atoms with E-state index >= 15 is 0 Å². The van der Waals surface area contributed by atoms with Crippen molar-refractivity contribution < 1.29 is 9.59 Å². The third-order valence-corrected chi connectivity index (χ3v) is 5.44. The zero-order chi connectivity index (χ0) is 19.7. The van der Waals surface area contributed by atoms with Gasteiger partial charge < -0.3 is 4.57 Å². The third-order valence-electron chi connectivity index (χ3n) is 4.26. The number of aromatic nitrogens is 4. The second-order valence-electron chi connectivity index (χ2n) is 6.09. The molecule has 0 saturated carbocycles. The van der Waals surface area contributed by atoms with Crippen LogP contribution in [0.5, 0.6) is 0 Å². The summed E-state index contributed by atoms with van der Waals surface area (Å²) in [6.45, 7) is -0.0710. The third kappa shape index (κ3) is 3.35. The molecular formula is C18H16N6O2S2. The molecule has 0 spiro atoms. The second kappa shape index (κ2) is 7.41. The van der Waals surface area contributed by atoms with Crippen molar-refractivity contribution in [2.24, 2.45) is 7.05 Å². The molecule has 0 aliphatic heterocycles. The summed E-state index contributed by atoms with van der Waals surface area (Å²) in [7, 11) is 1.87. The molecule has 0 radical (unpaired) electrons. The normalized spacial score (nSPS) is 10.9. The van der Waals surface area contributed by atoms with Crippen LogP contribution in [0.25, 0.3) is 21.6 Å². The average Bonchev–Trinajstić information content (AvgIpc) is 3.41. The van der Waals surface area contributed by atoms with Crippen LogP contribution in [0.4, 0.5) is 0 Å². The van der Waals surface area contributed by atoms with Crippen LogP contribution >= 0.6 is 23.6 Å². The Morgan fingerprint density at radius 2 is 2.04 bits per heavy atom. The van der Waals surface area contributed by atoms with E-state index in [-0.39, 0.29) is 12.5 Å². The minimum atomic E-state index is -0.413. The lowest BCUT2D eigenvalue weighted by atomic mass is 10.2. The van der Waals surface area contributed by atoms with Gasteiger partial charge in [-0.25, -0.2) is 0 Å². The first-order valence-corrected chi connectivity index (χ1v) is 9.65. The number of rotatable bonds is 4. The van der Waals surface area contributed by atoms with Crippen LogP contribution in [0.15, 0.2) is 48.0 Å². The molecule has 142 valence electrons. The number of carbonyl (C=O) groups excluding carboxylic acids is 2. The summed E-state index contributed by atoms with van der Waals surface area (Å²) in [5.41, 5.74) is 6.32. The second-order valence-corrected chi connectivity index (χ2v) is 7.42. The Morgan fingerprint density at radius 3 is 2.82 bits per heavy atom. The maximum Gasteiger partial charge on any atom is 0.271 e. The number of aromatic amines is 1. The van der Waals surface area contributed by atoms with E-state index in [0.29, 0.717) is 16.2 Å². The molecular weight excluding hydrogens is 396 g/mol. The Bertz CT molecular complexity index is 1220. The molecule has 0 aliphatic carbocycles. The summed E-state index contributed by atoms with van der Waals surface area (Å²) >= 11 is 6.71. The highest BCUT2D eigenvalue weighted by Crippen LogP contribution is 2.22. The zero-order valence-corrected chi connectivity index (χ0v) is 16.4. The number of fused-ring (bicyclic) bond motifs is 1. The lowest BCUT2D eigenvalue weighted by molar-refractivity contribution is -0.122. The van der Waals surface area contributed by atoms with E-state index < -0.39 is 5.91 Å². The van der Waals surface area contributed by atoms with Gasteiger partial charge in [-0.2, -0.15) is 5.10 Å². The predicted octanol–water partition coefficient (Wildman–Crippen LogP) is 2.62. The van der Waals surface area contributed by atoms with Crippen LogP contribution in [0.2, 0.25) is 0 Å². The summed E-state index contributed by atoms with van der Waals surface area (Å²) in [6.07, 6.45) is 1.73. The number of thiophene rings is 1. The Hall–Kier alpha value is -3.24.